The molecule has 5 atom stereocenters. The fourth-order valence-electron chi connectivity index (χ4n) is 4.38. The highest BCUT2D eigenvalue weighted by Gasteiger charge is 2.41. The number of carbonyl (C=O) groups is 2. The van der Waals surface area contributed by atoms with Crippen LogP contribution >= 0.6 is 11.8 Å². The third-order valence-electron chi connectivity index (χ3n) is 6.12. The molecule has 0 spiro atoms. The van der Waals surface area contributed by atoms with E-state index in [1.54, 1.807) is 0 Å². The average molecular weight is 493 g/mol. The summed E-state index contributed by atoms with van der Waals surface area (Å²) in [6.07, 6.45) is -3.08. The lowest BCUT2D eigenvalue weighted by Gasteiger charge is -2.24. The molecule has 0 aliphatic heterocycles. The molecule has 1 aromatic carbocycles. The molecular formula is C23H31F3O6S. The predicted octanol–water partition coefficient (Wildman–Crippen LogP) is 4.25. The second-order valence-corrected chi connectivity index (χ2v) is 9.66. The van der Waals surface area contributed by atoms with Gasteiger partial charge in [0.15, 0.2) is 0 Å². The van der Waals surface area contributed by atoms with Crippen LogP contribution in [0.1, 0.15) is 63.4 Å². The summed E-state index contributed by atoms with van der Waals surface area (Å²) >= 11 is 0.547. The van der Waals surface area contributed by atoms with Crippen LogP contribution in [0.5, 0.6) is 0 Å². The minimum absolute atomic E-state index is 0.0361. The number of thioether (sulfide) groups is 1. The van der Waals surface area contributed by atoms with Crippen LogP contribution in [0.25, 0.3) is 0 Å². The monoisotopic (exact) mass is 492 g/mol. The second-order valence-electron chi connectivity index (χ2n) is 8.58. The summed E-state index contributed by atoms with van der Waals surface area (Å²) in [5.74, 6) is -1.30. The second kappa shape index (κ2) is 12.7. The topological polar surface area (TPSA) is 115 Å². The number of unbranched alkanes of at least 4 members (excludes halogenated alkanes) is 3. The molecule has 1 aromatic rings. The standard InChI is InChI=1S/C23H31F3O6S/c24-23(25,26)14-6-5-7-15(12-14)33-22(32)18(27)11-10-17-16(19(28)13-20(17)29)8-3-1-2-4-9-21(30)31/h5-7,12,16-20,27-29H,1-4,8-11,13H2,(H,30,31)/t16?,17?,18?,19-,20?/m0/s1. The van der Waals surface area contributed by atoms with Crippen LogP contribution in [-0.2, 0) is 15.8 Å². The molecule has 0 bridgehead atoms. The van der Waals surface area contributed by atoms with Gasteiger partial charge in [-0.2, -0.15) is 13.2 Å². The predicted molar refractivity (Wildman–Crippen MR) is 116 cm³/mol. The minimum Gasteiger partial charge on any atom is -0.481 e. The van der Waals surface area contributed by atoms with Crippen molar-refractivity contribution in [2.45, 2.75) is 87.2 Å². The van der Waals surface area contributed by atoms with Crippen molar-refractivity contribution in [1.82, 2.24) is 0 Å². The molecule has 0 heterocycles. The zero-order valence-electron chi connectivity index (χ0n) is 18.2. The SMILES string of the molecule is O=C(O)CCCCCCC1C(CCC(O)C(=O)Sc2cccc(C(F)(F)F)c2)C(O)C[C@@H]1O. The molecule has 0 saturated heterocycles. The Balaban J connectivity index is 1.83. The van der Waals surface area contributed by atoms with Crippen molar-refractivity contribution in [2.24, 2.45) is 11.8 Å². The maximum Gasteiger partial charge on any atom is 0.416 e. The molecule has 2 rings (SSSR count). The Bertz CT molecular complexity index is 788. The van der Waals surface area contributed by atoms with Gasteiger partial charge in [-0.3, -0.25) is 9.59 Å². The van der Waals surface area contributed by atoms with Crippen LogP contribution in [-0.4, -0.2) is 49.8 Å². The van der Waals surface area contributed by atoms with Crippen molar-refractivity contribution in [3.8, 4) is 0 Å². The van der Waals surface area contributed by atoms with Gasteiger partial charge in [-0.15, -0.1) is 0 Å². The molecule has 0 radical (unpaired) electrons. The molecule has 186 valence electrons. The summed E-state index contributed by atoms with van der Waals surface area (Å²) < 4.78 is 38.5. The first-order valence-corrected chi connectivity index (χ1v) is 12.0. The molecule has 6 nitrogen and oxygen atoms in total. The number of alkyl halides is 3. The summed E-state index contributed by atoms with van der Waals surface area (Å²) in [5.41, 5.74) is -0.872. The number of carbonyl (C=O) groups excluding carboxylic acids is 1. The van der Waals surface area contributed by atoms with Crippen LogP contribution in [0.2, 0.25) is 0 Å². The lowest BCUT2D eigenvalue weighted by Crippen LogP contribution is -2.25. The van der Waals surface area contributed by atoms with Gasteiger partial charge in [-0.1, -0.05) is 25.3 Å². The van der Waals surface area contributed by atoms with Gasteiger partial charge in [-0.25, -0.2) is 0 Å². The van der Waals surface area contributed by atoms with E-state index in [1.165, 1.54) is 12.1 Å². The highest BCUT2D eigenvalue weighted by atomic mass is 32.2. The van der Waals surface area contributed by atoms with Crippen LogP contribution in [0.4, 0.5) is 13.2 Å². The average Bonchev–Trinajstić information content (AvgIpc) is 3.00. The van der Waals surface area contributed by atoms with Crippen molar-refractivity contribution in [2.75, 3.05) is 0 Å². The highest BCUT2D eigenvalue weighted by Crippen LogP contribution is 2.39. The summed E-state index contributed by atoms with van der Waals surface area (Å²) in [6.45, 7) is 0. The maximum atomic E-state index is 12.8. The molecule has 4 N–H and O–H groups in total. The summed E-state index contributed by atoms with van der Waals surface area (Å²) in [7, 11) is 0. The summed E-state index contributed by atoms with van der Waals surface area (Å²) in [5, 5.41) is 38.9. The molecule has 4 unspecified atom stereocenters. The van der Waals surface area contributed by atoms with Gasteiger partial charge in [0.2, 0.25) is 5.12 Å². The van der Waals surface area contributed by atoms with Gasteiger partial charge in [0.1, 0.15) is 6.10 Å². The molecule has 1 aliphatic rings. The first-order valence-electron chi connectivity index (χ1n) is 11.1. The molecule has 33 heavy (non-hydrogen) atoms. The van der Waals surface area contributed by atoms with Gasteiger partial charge < -0.3 is 20.4 Å². The van der Waals surface area contributed by atoms with E-state index >= 15 is 0 Å². The van der Waals surface area contributed by atoms with E-state index < -0.39 is 41.1 Å². The Kier molecular flexibility index (Phi) is 10.7. The number of carboxylic acid groups (broad SMARTS) is 1. The van der Waals surface area contributed by atoms with Crippen molar-refractivity contribution >= 4 is 22.8 Å². The van der Waals surface area contributed by atoms with Crippen LogP contribution in [0.3, 0.4) is 0 Å². The first kappa shape index (κ1) is 27.6. The molecule has 0 aromatic heterocycles. The third-order valence-corrected chi connectivity index (χ3v) is 7.09. The van der Waals surface area contributed by atoms with Crippen LogP contribution in [0.15, 0.2) is 29.2 Å². The maximum absolute atomic E-state index is 12.8. The van der Waals surface area contributed by atoms with Crippen molar-refractivity contribution in [3.63, 3.8) is 0 Å². The number of rotatable bonds is 12. The lowest BCUT2D eigenvalue weighted by atomic mass is 9.85. The molecule has 10 heteroatoms. The third kappa shape index (κ3) is 8.92. The zero-order valence-corrected chi connectivity index (χ0v) is 19.0. The van der Waals surface area contributed by atoms with E-state index in [0.717, 1.165) is 31.4 Å². The summed E-state index contributed by atoms with van der Waals surface area (Å²) in [6, 6.07) is 4.34. The Morgan fingerprint density at radius 3 is 2.30 bits per heavy atom. The number of aliphatic hydroxyl groups excluding tert-OH is 3. The quantitative estimate of drug-likeness (QED) is 0.255. The zero-order chi connectivity index (χ0) is 24.6. The smallest absolute Gasteiger partial charge is 0.416 e. The Morgan fingerprint density at radius 2 is 1.67 bits per heavy atom. The number of benzene rings is 1. The first-order chi connectivity index (χ1) is 15.5. The van der Waals surface area contributed by atoms with Gasteiger partial charge in [0.05, 0.1) is 17.8 Å². The van der Waals surface area contributed by atoms with E-state index in [4.69, 9.17) is 5.11 Å². The van der Waals surface area contributed by atoms with Gasteiger partial charge in [0.25, 0.3) is 0 Å². The van der Waals surface area contributed by atoms with Gasteiger partial charge in [0, 0.05) is 11.3 Å². The molecular weight excluding hydrogens is 461 g/mol. The number of carboxylic acids is 1. The van der Waals surface area contributed by atoms with E-state index in [-0.39, 0.29) is 36.0 Å². The van der Waals surface area contributed by atoms with Crippen molar-refractivity contribution in [1.29, 1.82) is 0 Å². The Labute approximate surface area is 195 Å². The molecule has 0 amide bonds. The number of aliphatic hydroxyl groups is 3. The lowest BCUT2D eigenvalue weighted by molar-refractivity contribution is -0.138. The van der Waals surface area contributed by atoms with E-state index in [2.05, 4.69) is 0 Å². The number of halogens is 3. The molecule has 1 saturated carbocycles. The normalized spacial score (nSPS) is 24.1. The largest absolute Gasteiger partial charge is 0.481 e. The van der Waals surface area contributed by atoms with Gasteiger partial charge in [-0.05, 0) is 73.9 Å². The Morgan fingerprint density at radius 1 is 1.03 bits per heavy atom. The minimum atomic E-state index is -4.52. The molecule has 1 fully saturated rings. The number of hydrogen-bond donors (Lipinski definition) is 4. The highest BCUT2D eigenvalue weighted by molar-refractivity contribution is 8.13. The summed E-state index contributed by atoms with van der Waals surface area (Å²) in [4.78, 5) is 22.9. The van der Waals surface area contributed by atoms with Crippen LogP contribution in [0, 0.1) is 11.8 Å². The van der Waals surface area contributed by atoms with E-state index in [1.807, 2.05) is 0 Å². The fourth-order valence-corrected chi connectivity index (χ4v) is 5.20. The molecule has 1 aliphatic carbocycles. The van der Waals surface area contributed by atoms with Crippen molar-refractivity contribution in [3.05, 3.63) is 29.8 Å². The number of hydrogen-bond acceptors (Lipinski definition) is 6. The van der Waals surface area contributed by atoms with E-state index in [9.17, 15) is 38.1 Å². The van der Waals surface area contributed by atoms with Gasteiger partial charge >= 0.3 is 12.1 Å². The van der Waals surface area contributed by atoms with Crippen molar-refractivity contribution < 1.29 is 43.2 Å². The van der Waals surface area contributed by atoms with E-state index in [0.29, 0.717) is 31.0 Å². The van der Waals surface area contributed by atoms with Crippen LogP contribution < -0.4 is 0 Å². The number of aliphatic carboxylic acids is 1. The Hall–Kier alpha value is -1.62. The fraction of sp³-hybridized carbons (Fsp3) is 0.652.